The van der Waals surface area contributed by atoms with Crippen LogP contribution in [0.5, 0.6) is 0 Å². The first-order valence-corrected chi connectivity index (χ1v) is 10.0. The Hall–Kier alpha value is -3.29. The second-order valence-corrected chi connectivity index (χ2v) is 7.96. The van der Waals surface area contributed by atoms with Crippen molar-refractivity contribution in [2.75, 3.05) is 10.6 Å². The Kier molecular flexibility index (Phi) is 5.24. The van der Waals surface area contributed by atoms with E-state index in [0.29, 0.717) is 5.69 Å². The van der Waals surface area contributed by atoms with Crippen LogP contribution in [0, 0.1) is 20.8 Å². The molecule has 0 fully saturated rings. The fraction of sp³-hybridized carbons (Fsp3) is 0.304. The molecule has 1 aliphatic heterocycles. The molecule has 2 heterocycles. The smallest absolute Gasteiger partial charge is 0.363 e. The number of rotatable bonds is 3. The monoisotopic (exact) mass is 428 g/mol. The van der Waals surface area contributed by atoms with E-state index in [9.17, 15) is 18.0 Å². The lowest BCUT2D eigenvalue weighted by Crippen LogP contribution is -2.35. The molecule has 0 saturated carbocycles. The predicted octanol–water partition coefficient (Wildman–Crippen LogP) is 5.72. The molecule has 0 spiro atoms. The Morgan fingerprint density at radius 3 is 2.52 bits per heavy atom. The molecule has 0 unspecified atom stereocenters. The number of amides is 1. The van der Waals surface area contributed by atoms with E-state index in [2.05, 4.69) is 15.7 Å². The van der Waals surface area contributed by atoms with Gasteiger partial charge in [0, 0.05) is 18.2 Å². The van der Waals surface area contributed by atoms with Gasteiger partial charge in [0.05, 0.1) is 6.04 Å². The summed E-state index contributed by atoms with van der Waals surface area (Å²) < 4.78 is 42.4. The van der Waals surface area contributed by atoms with Crippen molar-refractivity contribution >= 4 is 17.4 Å². The zero-order valence-electron chi connectivity index (χ0n) is 17.4. The Morgan fingerprint density at radius 1 is 1.13 bits per heavy atom. The molecular formula is C23H23F3N4O. The summed E-state index contributed by atoms with van der Waals surface area (Å²) in [4.78, 5) is 12.7. The molecule has 0 radical (unpaired) electrons. The number of carbonyl (C=O) groups is 1. The predicted molar refractivity (Wildman–Crippen MR) is 113 cm³/mol. The number of nitrogens with zero attached hydrogens (tertiary/aromatic N) is 2. The number of anilines is 2. The van der Waals surface area contributed by atoms with Crippen molar-refractivity contribution in [1.82, 2.24) is 9.78 Å². The highest BCUT2D eigenvalue weighted by Crippen LogP contribution is 2.43. The summed E-state index contributed by atoms with van der Waals surface area (Å²) in [5.41, 5.74) is 4.22. The molecule has 0 aliphatic carbocycles. The van der Waals surface area contributed by atoms with Gasteiger partial charge >= 0.3 is 6.18 Å². The fourth-order valence-electron chi connectivity index (χ4n) is 3.77. The van der Waals surface area contributed by atoms with E-state index >= 15 is 0 Å². The molecule has 0 saturated heterocycles. The summed E-state index contributed by atoms with van der Waals surface area (Å²) in [5.74, 6) is -0.379. The maximum atomic E-state index is 13.8. The number of aromatic nitrogens is 2. The number of aryl methyl sites for hydroxylation is 2. The average molecular weight is 428 g/mol. The van der Waals surface area contributed by atoms with Gasteiger partial charge in [-0.1, -0.05) is 42.0 Å². The first kappa shape index (κ1) is 21.0. The topological polar surface area (TPSA) is 59.0 Å². The van der Waals surface area contributed by atoms with E-state index in [1.54, 1.807) is 6.07 Å². The maximum Gasteiger partial charge on any atom is 0.410 e. The number of halogens is 3. The number of alkyl halides is 3. The van der Waals surface area contributed by atoms with E-state index in [4.69, 9.17) is 0 Å². The van der Waals surface area contributed by atoms with Gasteiger partial charge in [-0.05, 0) is 43.5 Å². The van der Waals surface area contributed by atoms with Crippen LogP contribution in [0.2, 0.25) is 0 Å². The molecular weight excluding hydrogens is 405 g/mol. The second kappa shape index (κ2) is 7.76. The van der Waals surface area contributed by atoms with Gasteiger partial charge in [-0.3, -0.25) is 4.79 Å². The minimum atomic E-state index is -4.49. The molecule has 1 aromatic heterocycles. The third-order valence-corrected chi connectivity index (χ3v) is 5.76. The average Bonchev–Trinajstić information content (AvgIpc) is 3.14. The van der Waals surface area contributed by atoms with Crippen LogP contribution in [0.25, 0.3) is 0 Å². The summed E-state index contributed by atoms with van der Waals surface area (Å²) in [6.45, 7) is 5.71. The van der Waals surface area contributed by atoms with Crippen molar-refractivity contribution in [3.05, 3.63) is 76.5 Å². The molecule has 2 atom stereocenters. The third kappa shape index (κ3) is 4.15. The van der Waals surface area contributed by atoms with Crippen LogP contribution in [0.15, 0.2) is 48.5 Å². The summed E-state index contributed by atoms with van der Waals surface area (Å²) >= 11 is 0. The molecule has 4 rings (SSSR count). The Labute approximate surface area is 178 Å². The Morgan fingerprint density at radius 2 is 1.84 bits per heavy atom. The van der Waals surface area contributed by atoms with Gasteiger partial charge in [-0.25, -0.2) is 4.68 Å². The summed E-state index contributed by atoms with van der Waals surface area (Å²) in [5, 5.41) is 9.88. The van der Waals surface area contributed by atoms with Gasteiger partial charge in [0.25, 0.3) is 5.91 Å². The van der Waals surface area contributed by atoms with Gasteiger partial charge in [-0.2, -0.15) is 18.3 Å². The Balaban J connectivity index is 1.65. The molecule has 3 aromatic rings. The van der Waals surface area contributed by atoms with E-state index in [-0.39, 0.29) is 17.9 Å². The van der Waals surface area contributed by atoms with Gasteiger partial charge < -0.3 is 10.6 Å². The molecule has 162 valence electrons. The first-order valence-electron chi connectivity index (χ1n) is 10.0. The summed E-state index contributed by atoms with van der Waals surface area (Å²) in [7, 11) is 0. The van der Waals surface area contributed by atoms with E-state index in [0.717, 1.165) is 26.9 Å². The zero-order chi connectivity index (χ0) is 22.3. The molecule has 2 N–H and O–H groups in total. The van der Waals surface area contributed by atoms with Gasteiger partial charge in [0.2, 0.25) is 0 Å². The van der Waals surface area contributed by atoms with Crippen LogP contribution >= 0.6 is 0 Å². The highest BCUT2D eigenvalue weighted by atomic mass is 19.4. The van der Waals surface area contributed by atoms with Crippen LogP contribution < -0.4 is 10.6 Å². The minimum absolute atomic E-state index is 0.0674. The molecule has 31 heavy (non-hydrogen) atoms. The quantitative estimate of drug-likeness (QED) is 0.561. The molecule has 0 bridgehead atoms. The van der Waals surface area contributed by atoms with Crippen molar-refractivity contribution in [3.63, 3.8) is 0 Å². The van der Waals surface area contributed by atoms with Crippen molar-refractivity contribution in [3.8, 4) is 0 Å². The van der Waals surface area contributed by atoms with Gasteiger partial charge in [-0.15, -0.1) is 0 Å². The molecule has 1 amide bonds. The van der Waals surface area contributed by atoms with E-state index in [1.807, 2.05) is 57.2 Å². The molecule has 8 heteroatoms. The van der Waals surface area contributed by atoms with Crippen LogP contribution in [0.3, 0.4) is 0 Å². The summed E-state index contributed by atoms with van der Waals surface area (Å²) in [6, 6.07) is 11.9. The van der Waals surface area contributed by atoms with E-state index < -0.39 is 24.2 Å². The van der Waals surface area contributed by atoms with Crippen molar-refractivity contribution in [1.29, 1.82) is 0 Å². The fourth-order valence-corrected chi connectivity index (χ4v) is 3.77. The van der Waals surface area contributed by atoms with Gasteiger partial charge in [0.1, 0.15) is 5.82 Å². The first-order chi connectivity index (χ1) is 14.6. The number of carbonyl (C=O) groups excluding carboxylic acids is 1. The zero-order valence-corrected chi connectivity index (χ0v) is 17.4. The normalized spacial score (nSPS) is 18.3. The maximum absolute atomic E-state index is 13.8. The highest BCUT2D eigenvalue weighted by molar-refractivity contribution is 6.03. The Bertz CT molecular complexity index is 1120. The summed E-state index contributed by atoms with van der Waals surface area (Å²) in [6.07, 6.45) is -4.70. The molecule has 1 aliphatic rings. The minimum Gasteiger partial charge on any atom is -0.363 e. The van der Waals surface area contributed by atoms with Crippen LogP contribution in [-0.4, -0.2) is 21.9 Å². The van der Waals surface area contributed by atoms with Crippen molar-refractivity contribution in [2.24, 2.45) is 0 Å². The molecule has 5 nitrogen and oxygen atoms in total. The third-order valence-electron chi connectivity index (χ3n) is 5.76. The number of fused-ring (bicyclic) bond motifs is 1. The number of benzene rings is 2. The standard InChI is InChI=1S/C23H23F3N4O/c1-13-7-9-16(10-8-13)18-11-20(23(24,25)26)30-21(27-18)12-19(29-30)22(31)28-17-6-4-5-14(2)15(17)3/h4-10,12,18,20,27H,11H2,1-3H3,(H,28,31)/t18-,20-/m1/s1. The highest BCUT2D eigenvalue weighted by Gasteiger charge is 2.46. The van der Waals surface area contributed by atoms with E-state index in [1.165, 1.54) is 6.07 Å². The molecule has 2 aromatic carbocycles. The number of hydrogen-bond acceptors (Lipinski definition) is 3. The van der Waals surface area contributed by atoms with Gasteiger partial charge in [0.15, 0.2) is 11.7 Å². The SMILES string of the molecule is Cc1ccc([C@H]2C[C@H](C(F)(F)F)n3nc(C(=O)Nc4cccc(C)c4C)cc3N2)cc1. The second-order valence-electron chi connectivity index (χ2n) is 7.96. The van der Waals surface area contributed by atoms with Crippen LogP contribution in [-0.2, 0) is 0 Å². The van der Waals surface area contributed by atoms with Crippen LogP contribution in [0.1, 0.15) is 51.2 Å². The number of hydrogen-bond donors (Lipinski definition) is 2. The lowest BCUT2D eigenvalue weighted by molar-refractivity contribution is -0.173. The lowest BCUT2D eigenvalue weighted by Gasteiger charge is -2.33. The van der Waals surface area contributed by atoms with Crippen molar-refractivity contribution < 1.29 is 18.0 Å². The lowest BCUT2D eigenvalue weighted by atomic mass is 9.96. The van der Waals surface area contributed by atoms with Crippen molar-refractivity contribution in [2.45, 2.75) is 45.5 Å². The van der Waals surface area contributed by atoms with Crippen LogP contribution in [0.4, 0.5) is 24.7 Å². The largest absolute Gasteiger partial charge is 0.410 e. The number of nitrogens with one attached hydrogen (secondary N) is 2.